The molecule has 0 fully saturated rings. The summed E-state index contributed by atoms with van der Waals surface area (Å²) in [6.07, 6.45) is -4.49. The van der Waals surface area contributed by atoms with Crippen molar-refractivity contribution in [2.24, 2.45) is 0 Å². The summed E-state index contributed by atoms with van der Waals surface area (Å²) in [4.78, 5) is 11.8. The third-order valence-electron chi connectivity index (χ3n) is 3.13. The highest BCUT2D eigenvalue weighted by atomic mass is 32.2. The number of aryl methyl sites for hydroxylation is 1. The number of carbonyl (C=O) groups excluding carboxylic acids is 1. The fraction of sp³-hybridized carbons (Fsp3) is 0.235. The Labute approximate surface area is 137 Å². The summed E-state index contributed by atoms with van der Waals surface area (Å²) < 4.78 is 38.5. The van der Waals surface area contributed by atoms with Gasteiger partial charge in [-0.05, 0) is 24.6 Å². The molecule has 1 amide bonds. The van der Waals surface area contributed by atoms with E-state index in [0.717, 1.165) is 17.2 Å². The molecule has 0 saturated heterocycles. The quantitative estimate of drug-likeness (QED) is 0.841. The predicted molar refractivity (Wildman–Crippen MR) is 87.4 cm³/mol. The van der Waals surface area contributed by atoms with Crippen LogP contribution in [0, 0.1) is 6.92 Å². The Kier molecular flexibility index (Phi) is 5.71. The van der Waals surface area contributed by atoms with Gasteiger partial charge >= 0.3 is 6.18 Å². The maximum absolute atomic E-state index is 12.8. The molecule has 0 atom stereocenters. The van der Waals surface area contributed by atoms with E-state index < -0.39 is 17.6 Å². The predicted octanol–water partition coefficient (Wildman–Crippen LogP) is 4.89. The Morgan fingerprint density at radius 1 is 1.09 bits per heavy atom. The smallest absolute Gasteiger partial charge is 0.325 e. The normalized spacial score (nSPS) is 11.3. The molecule has 122 valence electrons. The number of hydrogen-bond acceptors (Lipinski definition) is 2. The summed E-state index contributed by atoms with van der Waals surface area (Å²) in [7, 11) is 0. The van der Waals surface area contributed by atoms with Crippen molar-refractivity contribution in [2.75, 3.05) is 11.1 Å². The number of para-hydroxylation sites is 1. The van der Waals surface area contributed by atoms with Gasteiger partial charge in [0.15, 0.2) is 0 Å². The number of rotatable bonds is 5. The molecule has 0 radical (unpaired) electrons. The lowest BCUT2D eigenvalue weighted by Crippen LogP contribution is -2.18. The van der Waals surface area contributed by atoms with Crippen LogP contribution in [0.15, 0.2) is 48.5 Å². The SMILES string of the molecule is Cc1ccc(CSCC(=O)Nc2ccccc2C(F)(F)F)cc1. The van der Waals surface area contributed by atoms with Crippen molar-refractivity contribution in [3.63, 3.8) is 0 Å². The monoisotopic (exact) mass is 339 g/mol. The van der Waals surface area contributed by atoms with E-state index in [-0.39, 0.29) is 11.4 Å². The van der Waals surface area contributed by atoms with Gasteiger partial charge in [0.1, 0.15) is 0 Å². The van der Waals surface area contributed by atoms with Crippen LogP contribution in [0.4, 0.5) is 18.9 Å². The standard InChI is InChI=1S/C17H16F3NOS/c1-12-6-8-13(9-7-12)10-23-11-16(22)21-15-5-3-2-4-14(15)17(18,19)20/h2-9H,10-11H2,1H3,(H,21,22). The highest BCUT2D eigenvalue weighted by Gasteiger charge is 2.33. The summed E-state index contributed by atoms with van der Waals surface area (Å²) >= 11 is 1.36. The first-order chi connectivity index (χ1) is 10.9. The van der Waals surface area contributed by atoms with Crippen LogP contribution >= 0.6 is 11.8 Å². The van der Waals surface area contributed by atoms with Crippen LogP contribution in [0.1, 0.15) is 16.7 Å². The highest BCUT2D eigenvalue weighted by Crippen LogP contribution is 2.34. The molecule has 23 heavy (non-hydrogen) atoms. The van der Waals surface area contributed by atoms with Gasteiger partial charge in [-0.2, -0.15) is 13.2 Å². The Morgan fingerprint density at radius 3 is 2.39 bits per heavy atom. The van der Waals surface area contributed by atoms with Gasteiger partial charge in [-0.25, -0.2) is 0 Å². The third-order valence-corrected chi connectivity index (χ3v) is 4.13. The molecule has 0 heterocycles. The molecule has 0 bridgehead atoms. The zero-order chi connectivity index (χ0) is 16.9. The van der Waals surface area contributed by atoms with Gasteiger partial charge in [0.2, 0.25) is 5.91 Å². The molecule has 0 saturated carbocycles. The van der Waals surface area contributed by atoms with Crippen molar-refractivity contribution in [2.45, 2.75) is 18.9 Å². The number of thioether (sulfide) groups is 1. The number of hydrogen-bond donors (Lipinski definition) is 1. The average molecular weight is 339 g/mol. The van der Waals surface area contributed by atoms with E-state index in [1.807, 2.05) is 31.2 Å². The molecule has 0 aliphatic rings. The van der Waals surface area contributed by atoms with Gasteiger partial charge in [0.25, 0.3) is 0 Å². The maximum atomic E-state index is 12.8. The number of carbonyl (C=O) groups is 1. The topological polar surface area (TPSA) is 29.1 Å². The molecule has 6 heteroatoms. The fourth-order valence-corrected chi connectivity index (χ4v) is 2.76. The largest absolute Gasteiger partial charge is 0.418 e. The number of anilines is 1. The molecule has 0 aliphatic heterocycles. The van der Waals surface area contributed by atoms with Crippen LogP contribution in [0.25, 0.3) is 0 Å². The lowest BCUT2D eigenvalue weighted by Gasteiger charge is -2.13. The Bertz CT molecular complexity index is 668. The molecule has 1 N–H and O–H groups in total. The lowest BCUT2D eigenvalue weighted by molar-refractivity contribution is -0.137. The number of amides is 1. The zero-order valence-electron chi connectivity index (χ0n) is 12.5. The van der Waals surface area contributed by atoms with E-state index in [2.05, 4.69) is 5.32 Å². The minimum atomic E-state index is -4.49. The van der Waals surface area contributed by atoms with Gasteiger partial charge < -0.3 is 5.32 Å². The van der Waals surface area contributed by atoms with Crippen molar-refractivity contribution in [3.05, 3.63) is 65.2 Å². The Balaban J connectivity index is 1.89. The minimum Gasteiger partial charge on any atom is -0.325 e. The molecule has 0 unspecified atom stereocenters. The zero-order valence-corrected chi connectivity index (χ0v) is 13.3. The minimum absolute atomic E-state index is 0.0973. The van der Waals surface area contributed by atoms with E-state index >= 15 is 0 Å². The number of benzene rings is 2. The lowest BCUT2D eigenvalue weighted by atomic mass is 10.1. The molecule has 2 rings (SSSR count). The average Bonchev–Trinajstić information content (AvgIpc) is 2.49. The Morgan fingerprint density at radius 2 is 1.74 bits per heavy atom. The van der Waals surface area contributed by atoms with Crippen LogP contribution in [0.5, 0.6) is 0 Å². The molecule has 2 aromatic carbocycles. The first-order valence-electron chi connectivity index (χ1n) is 6.95. The summed E-state index contributed by atoms with van der Waals surface area (Å²) in [5, 5.41) is 2.33. The molecule has 0 aromatic heterocycles. The van der Waals surface area contributed by atoms with E-state index in [1.165, 1.54) is 30.0 Å². The van der Waals surface area contributed by atoms with Gasteiger partial charge in [-0.1, -0.05) is 42.0 Å². The van der Waals surface area contributed by atoms with Crippen molar-refractivity contribution in [3.8, 4) is 0 Å². The third kappa shape index (κ3) is 5.32. The number of alkyl halides is 3. The first kappa shape index (κ1) is 17.4. The Hall–Kier alpha value is -1.95. The van der Waals surface area contributed by atoms with Crippen LogP contribution in [0.3, 0.4) is 0 Å². The van der Waals surface area contributed by atoms with E-state index in [0.29, 0.717) is 5.75 Å². The highest BCUT2D eigenvalue weighted by molar-refractivity contribution is 7.99. The van der Waals surface area contributed by atoms with Crippen molar-refractivity contribution in [1.82, 2.24) is 0 Å². The molecular formula is C17H16F3NOS. The number of nitrogens with one attached hydrogen (secondary N) is 1. The van der Waals surface area contributed by atoms with Crippen molar-refractivity contribution < 1.29 is 18.0 Å². The molecule has 2 nitrogen and oxygen atoms in total. The summed E-state index contributed by atoms with van der Waals surface area (Å²) in [5.74, 6) is 0.285. The van der Waals surface area contributed by atoms with Crippen molar-refractivity contribution in [1.29, 1.82) is 0 Å². The summed E-state index contributed by atoms with van der Waals surface area (Å²) in [5.41, 5.74) is 1.18. The van der Waals surface area contributed by atoms with Gasteiger partial charge in [-0.15, -0.1) is 11.8 Å². The second-order valence-electron chi connectivity index (χ2n) is 5.07. The number of halogens is 3. The van der Waals surface area contributed by atoms with Gasteiger partial charge in [-0.3, -0.25) is 4.79 Å². The van der Waals surface area contributed by atoms with Gasteiger partial charge in [0.05, 0.1) is 17.0 Å². The van der Waals surface area contributed by atoms with Crippen LogP contribution in [0.2, 0.25) is 0 Å². The molecular weight excluding hydrogens is 323 g/mol. The molecule has 2 aromatic rings. The fourth-order valence-electron chi connectivity index (χ4n) is 1.97. The summed E-state index contributed by atoms with van der Waals surface area (Å²) in [6.45, 7) is 1.99. The molecule has 0 aliphatic carbocycles. The summed E-state index contributed by atoms with van der Waals surface area (Å²) in [6, 6.07) is 12.9. The van der Waals surface area contributed by atoms with Crippen LogP contribution in [-0.2, 0) is 16.7 Å². The van der Waals surface area contributed by atoms with E-state index in [9.17, 15) is 18.0 Å². The van der Waals surface area contributed by atoms with E-state index in [4.69, 9.17) is 0 Å². The molecule has 0 spiro atoms. The van der Waals surface area contributed by atoms with E-state index in [1.54, 1.807) is 0 Å². The first-order valence-corrected chi connectivity index (χ1v) is 8.11. The van der Waals surface area contributed by atoms with Crippen molar-refractivity contribution >= 4 is 23.4 Å². The van der Waals surface area contributed by atoms with Crippen LogP contribution < -0.4 is 5.32 Å². The van der Waals surface area contributed by atoms with Gasteiger partial charge in [0, 0.05) is 5.75 Å². The maximum Gasteiger partial charge on any atom is 0.418 e. The van der Waals surface area contributed by atoms with Crippen LogP contribution in [-0.4, -0.2) is 11.7 Å². The second kappa shape index (κ2) is 7.55. The second-order valence-corrected chi connectivity index (χ2v) is 6.06.